The Morgan fingerprint density at radius 3 is 2.77 bits per heavy atom. The Kier molecular flexibility index (Phi) is 6.07. The maximum absolute atomic E-state index is 10.8. The second-order valence-corrected chi connectivity index (χ2v) is 6.18. The zero-order valence-corrected chi connectivity index (χ0v) is 13.5. The van der Waals surface area contributed by atoms with Crippen LogP contribution in [0.25, 0.3) is 0 Å². The molecule has 3 N–H and O–H groups in total. The van der Waals surface area contributed by atoms with Crippen LogP contribution in [0.15, 0.2) is 24.3 Å². The fourth-order valence-electron chi connectivity index (χ4n) is 2.93. The molecular formula is C17H27N3O2. The number of nitrogens with zero attached hydrogens (tertiary/aromatic N) is 1. The van der Waals surface area contributed by atoms with Crippen LogP contribution in [0.1, 0.15) is 31.7 Å². The van der Waals surface area contributed by atoms with E-state index in [1.165, 1.54) is 18.4 Å². The van der Waals surface area contributed by atoms with E-state index in [9.17, 15) is 4.79 Å². The van der Waals surface area contributed by atoms with E-state index in [1.807, 2.05) is 13.0 Å². The van der Waals surface area contributed by atoms with Crippen LogP contribution in [0.4, 0.5) is 10.5 Å². The van der Waals surface area contributed by atoms with Crippen molar-refractivity contribution in [1.29, 1.82) is 0 Å². The first-order chi connectivity index (χ1) is 10.6. The summed E-state index contributed by atoms with van der Waals surface area (Å²) in [4.78, 5) is 13.1. The number of hydrogen-bond donors (Lipinski definition) is 3. The van der Waals surface area contributed by atoms with Gasteiger partial charge >= 0.3 is 6.09 Å². The van der Waals surface area contributed by atoms with Gasteiger partial charge in [-0.25, -0.2) is 4.79 Å². The highest BCUT2D eigenvalue weighted by Crippen LogP contribution is 2.18. The van der Waals surface area contributed by atoms with Crippen LogP contribution in [-0.4, -0.2) is 48.3 Å². The molecule has 1 fully saturated rings. The van der Waals surface area contributed by atoms with Gasteiger partial charge in [-0.2, -0.15) is 0 Å². The summed E-state index contributed by atoms with van der Waals surface area (Å²) in [6.45, 7) is 4.27. The van der Waals surface area contributed by atoms with Crippen LogP contribution in [0, 0.1) is 0 Å². The number of carboxylic acid groups (broad SMARTS) is 1. The van der Waals surface area contributed by atoms with Crippen molar-refractivity contribution in [3.8, 4) is 0 Å². The molecule has 0 saturated carbocycles. The number of nitrogens with one attached hydrogen (secondary N) is 2. The molecule has 1 amide bonds. The van der Waals surface area contributed by atoms with Crippen molar-refractivity contribution in [2.75, 3.05) is 25.5 Å². The van der Waals surface area contributed by atoms with Crippen LogP contribution in [0.3, 0.4) is 0 Å². The van der Waals surface area contributed by atoms with Crippen LogP contribution in [-0.2, 0) is 6.42 Å². The summed E-state index contributed by atoms with van der Waals surface area (Å²) < 4.78 is 0. The van der Waals surface area contributed by atoms with Crippen LogP contribution < -0.4 is 10.6 Å². The molecule has 2 rings (SSSR count). The zero-order chi connectivity index (χ0) is 15.9. The summed E-state index contributed by atoms with van der Waals surface area (Å²) in [5.41, 5.74) is 2.30. The summed E-state index contributed by atoms with van der Waals surface area (Å²) in [5.74, 6) is 0. The molecule has 1 aromatic rings. The summed E-state index contributed by atoms with van der Waals surface area (Å²) in [6.07, 6.45) is 2.90. The van der Waals surface area contributed by atoms with E-state index in [4.69, 9.17) is 5.11 Å². The molecule has 1 heterocycles. The lowest BCUT2D eigenvalue weighted by Gasteiger charge is -2.30. The average Bonchev–Trinajstić information content (AvgIpc) is 2.49. The van der Waals surface area contributed by atoms with Crippen molar-refractivity contribution >= 4 is 11.8 Å². The third-order valence-electron chi connectivity index (χ3n) is 4.32. The summed E-state index contributed by atoms with van der Waals surface area (Å²) in [6, 6.07) is 8.84. The van der Waals surface area contributed by atoms with Gasteiger partial charge in [0.1, 0.15) is 0 Å². The monoisotopic (exact) mass is 305 g/mol. The number of anilines is 1. The molecule has 0 aliphatic carbocycles. The molecule has 1 aliphatic rings. The number of hydrogen-bond acceptors (Lipinski definition) is 3. The number of carbonyl (C=O) groups is 1. The number of piperidine rings is 1. The normalized spacial score (nSPS) is 17.9. The Morgan fingerprint density at radius 2 is 2.14 bits per heavy atom. The lowest BCUT2D eigenvalue weighted by molar-refractivity contribution is 0.189. The largest absolute Gasteiger partial charge is 0.465 e. The van der Waals surface area contributed by atoms with Gasteiger partial charge in [0.2, 0.25) is 0 Å². The van der Waals surface area contributed by atoms with Crippen molar-refractivity contribution in [2.24, 2.45) is 0 Å². The zero-order valence-electron chi connectivity index (χ0n) is 13.5. The minimum Gasteiger partial charge on any atom is -0.465 e. The van der Waals surface area contributed by atoms with E-state index >= 15 is 0 Å². The van der Waals surface area contributed by atoms with E-state index in [1.54, 1.807) is 0 Å². The molecule has 22 heavy (non-hydrogen) atoms. The van der Waals surface area contributed by atoms with Crippen LogP contribution >= 0.6 is 0 Å². The fraction of sp³-hybridized carbons (Fsp3) is 0.588. The second kappa shape index (κ2) is 8.03. The predicted octanol–water partition coefficient (Wildman–Crippen LogP) is 2.78. The molecule has 5 nitrogen and oxygen atoms in total. The van der Waals surface area contributed by atoms with E-state index in [0.29, 0.717) is 6.04 Å². The van der Waals surface area contributed by atoms with Crippen LogP contribution in [0.5, 0.6) is 0 Å². The molecule has 1 aromatic carbocycles. The Balaban J connectivity index is 1.93. The van der Waals surface area contributed by atoms with E-state index in [-0.39, 0.29) is 6.04 Å². The topological polar surface area (TPSA) is 64.6 Å². The molecule has 122 valence electrons. The molecule has 1 atom stereocenters. The smallest absolute Gasteiger partial charge is 0.404 e. The minimum absolute atomic E-state index is 0.0314. The Hall–Kier alpha value is -1.75. The van der Waals surface area contributed by atoms with Crippen molar-refractivity contribution < 1.29 is 9.90 Å². The van der Waals surface area contributed by atoms with Gasteiger partial charge in [-0.05, 0) is 63.5 Å². The average molecular weight is 305 g/mol. The molecule has 1 unspecified atom stereocenters. The Morgan fingerprint density at radius 1 is 1.41 bits per heavy atom. The minimum atomic E-state index is -0.951. The van der Waals surface area contributed by atoms with Crippen molar-refractivity contribution in [3.05, 3.63) is 29.8 Å². The second-order valence-electron chi connectivity index (χ2n) is 6.18. The molecule has 0 bridgehead atoms. The number of likely N-dealkylation sites (tertiary alicyclic amines) is 1. The predicted molar refractivity (Wildman–Crippen MR) is 89.5 cm³/mol. The molecule has 5 heteroatoms. The van der Waals surface area contributed by atoms with Gasteiger partial charge < -0.3 is 20.6 Å². The molecule has 0 spiro atoms. The molecule has 0 aromatic heterocycles. The van der Waals surface area contributed by atoms with Gasteiger partial charge in [-0.3, -0.25) is 0 Å². The summed E-state index contributed by atoms with van der Waals surface area (Å²) in [7, 11) is 2.16. The first kappa shape index (κ1) is 16.6. The molecular weight excluding hydrogens is 278 g/mol. The third kappa shape index (κ3) is 5.22. The van der Waals surface area contributed by atoms with Crippen molar-refractivity contribution in [1.82, 2.24) is 10.2 Å². The fourth-order valence-corrected chi connectivity index (χ4v) is 2.93. The highest BCUT2D eigenvalue weighted by atomic mass is 16.4. The van der Waals surface area contributed by atoms with Gasteiger partial charge in [0.25, 0.3) is 0 Å². The highest BCUT2D eigenvalue weighted by Gasteiger charge is 2.16. The first-order valence-electron chi connectivity index (χ1n) is 8.10. The number of benzene rings is 1. The van der Waals surface area contributed by atoms with Gasteiger partial charge in [0.05, 0.1) is 0 Å². The summed E-state index contributed by atoms with van der Waals surface area (Å²) in [5, 5.41) is 15.0. The lowest BCUT2D eigenvalue weighted by atomic mass is 10.0. The van der Waals surface area contributed by atoms with Crippen LogP contribution in [0.2, 0.25) is 0 Å². The quantitative estimate of drug-likeness (QED) is 0.756. The first-order valence-corrected chi connectivity index (χ1v) is 8.10. The Labute approximate surface area is 132 Å². The van der Waals surface area contributed by atoms with E-state index < -0.39 is 6.09 Å². The van der Waals surface area contributed by atoms with Gasteiger partial charge in [0.15, 0.2) is 0 Å². The van der Waals surface area contributed by atoms with E-state index in [2.05, 4.69) is 40.8 Å². The maximum Gasteiger partial charge on any atom is 0.404 e. The van der Waals surface area contributed by atoms with Gasteiger partial charge in [-0.15, -0.1) is 0 Å². The Bertz CT molecular complexity index is 485. The standard InChI is InChI=1S/C17H27N3O2/c1-3-14(19-17(21)22)11-13-5-4-6-16(12-13)18-15-7-9-20(2)10-8-15/h4-6,12,14-15,18-19H,3,7-11H2,1-2H3,(H,21,22). The SMILES string of the molecule is CCC(Cc1cccc(NC2CCN(C)CC2)c1)NC(=O)O. The maximum atomic E-state index is 10.8. The number of rotatable bonds is 6. The third-order valence-corrected chi connectivity index (χ3v) is 4.32. The van der Waals surface area contributed by atoms with Crippen molar-refractivity contribution in [3.63, 3.8) is 0 Å². The van der Waals surface area contributed by atoms with Gasteiger partial charge in [-0.1, -0.05) is 19.1 Å². The lowest BCUT2D eigenvalue weighted by Crippen LogP contribution is -2.36. The highest BCUT2D eigenvalue weighted by molar-refractivity contribution is 5.64. The van der Waals surface area contributed by atoms with Crippen molar-refractivity contribution in [2.45, 2.75) is 44.7 Å². The van der Waals surface area contributed by atoms with Gasteiger partial charge in [0, 0.05) is 17.8 Å². The molecule has 1 saturated heterocycles. The molecule has 1 aliphatic heterocycles. The number of amides is 1. The molecule has 0 radical (unpaired) electrons. The van der Waals surface area contributed by atoms with E-state index in [0.717, 1.165) is 31.6 Å². The summed E-state index contributed by atoms with van der Waals surface area (Å²) >= 11 is 0.